The van der Waals surface area contributed by atoms with Crippen molar-refractivity contribution in [3.8, 4) is 5.75 Å². The summed E-state index contributed by atoms with van der Waals surface area (Å²) in [6.45, 7) is 2.58. The molecule has 6 nitrogen and oxygen atoms in total. The molecule has 0 radical (unpaired) electrons. The Balaban J connectivity index is 1.65. The van der Waals surface area contributed by atoms with Crippen LogP contribution in [0.25, 0.3) is 5.76 Å². The van der Waals surface area contributed by atoms with Crippen LogP contribution in [0.15, 0.2) is 72.3 Å². The number of amides is 1. The molecule has 1 fully saturated rings. The van der Waals surface area contributed by atoms with Crippen LogP contribution >= 0.6 is 0 Å². The summed E-state index contributed by atoms with van der Waals surface area (Å²) in [5, 5.41) is 11.6. The van der Waals surface area contributed by atoms with Gasteiger partial charge in [0.05, 0.1) is 18.2 Å². The van der Waals surface area contributed by atoms with E-state index < -0.39 is 17.7 Å². The van der Waals surface area contributed by atoms with Gasteiger partial charge in [0.1, 0.15) is 11.5 Å². The molecule has 1 aliphatic carbocycles. The molecule has 1 unspecified atom stereocenters. The molecule has 3 aromatic carbocycles. The van der Waals surface area contributed by atoms with Gasteiger partial charge in [-0.25, -0.2) is 0 Å². The lowest BCUT2D eigenvalue weighted by Crippen LogP contribution is -2.29. The maximum absolute atomic E-state index is 13.6. The van der Waals surface area contributed by atoms with Crippen molar-refractivity contribution in [3.05, 3.63) is 94.6 Å². The first-order valence-electron chi connectivity index (χ1n) is 13.3. The fraction of sp³-hybridized carbons (Fsp3) is 0.312. The molecular weight excluding hydrogens is 476 g/mol. The minimum atomic E-state index is -0.774. The Kier molecular flexibility index (Phi) is 7.23. The summed E-state index contributed by atoms with van der Waals surface area (Å²) < 4.78 is 5.81. The van der Waals surface area contributed by atoms with Crippen LogP contribution in [-0.2, 0) is 22.4 Å². The first-order valence-corrected chi connectivity index (χ1v) is 13.3. The number of aliphatic hydroxyl groups is 1. The number of nitrogens with zero attached hydrogens (tertiary/aromatic N) is 2. The fourth-order valence-electron chi connectivity index (χ4n) is 5.35. The van der Waals surface area contributed by atoms with Crippen LogP contribution in [0.5, 0.6) is 5.75 Å². The molecular formula is C32H34N2O4. The van der Waals surface area contributed by atoms with E-state index in [1.807, 2.05) is 80.5 Å². The number of Topliss-reactive ketones (excluding diaryl/α,β-unsaturated/α-hetero) is 1. The van der Waals surface area contributed by atoms with E-state index in [1.165, 1.54) is 16.0 Å². The summed E-state index contributed by atoms with van der Waals surface area (Å²) in [6.07, 6.45) is 5.09. The number of carbonyl (C=O) groups excluding carboxylic acids is 2. The minimum absolute atomic E-state index is 0.100. The zero-order chi connectivity index (χ0) is 26.8. The second kappa shape index (κ2) is 10.7. The quantitative estimate of drug-likeness (QED) is 0.238. The van der Waals surface area contributed by atoms with Gasteiger partial charge >= 0.3 is 0 Å². The van der Waals surface area contributed by atoms with Gasteiger partial charge in [-0.05, 0) is 79.1 Å². The number of hydrogen-bond acceptors (Lipinski definition) is 5. The third kappa shape index (κ3) is 4.78. The van der Waals surface area contributed by atoms with E-state index in [0.717, 1.165) is 43.4 Å². The molecule has 1 atom stereocenters. The number of ether oxygens (including phenoxy) is 1. The van der Waals surface area contributed by atoms with Crippen LogP contribution in [0, 0.1) is 0 Å². The molecule has 2 aliphatic rings. The molecule has 1 amide bonds. The van der Waals surface area contributed by atoms with Gasteiger partial charge in [-0.3, -0.25) is 14.5 Å². The smallest absolute Gasteiger partial charge is 0.300 e. The van der Waals surface area contributed by atoms with Crippen LogP contribution in [-0.4, -0.2) is 37.5 Å². The van der Waals surface area contributed by atoms with E-state index in [-0.39, 0.29) is 11.3 Å². The molecule has 6 heteroatoms. The monoisotopic (exact) mass is 510 g/mol. The summed E-state index contributed by atoms with van der Waals surface area (Å²) in [6, 6.07) is 20.1. The second-order valence-electron chi connectivity index (χ2n) is 10.2. The summed E-state index contributed by atoms with van der Waals surface area (Å²) >= 11 is 0. The van der Waals surface area contributed by atoms with Crippen LogP contribution in [0.3, 0.4) is 0 Å². The van der Waals surface area contributed by atoms with Crippen LogP contribution in [0.4, 0.5) is 11.4 Å². The number of anilines is 2. The molecule has 38 heavy (non-hydrogen) atoms. The SMILES string of the molecule is CCCOc1cccc(N2C(=O)C(=O)/C(=C(\O)c3ccc4c(c3)CCCC4)C2c2ccc(N(C)C)cc2)c1. The van der Waals surface area contributed by atoms with Gasteiger partial charge in [-0.2, -0.15) is 0 Å². The second-order valence-corrected chi connectivity index (χ2v) is 10.2. The molecule has 3 aromatic rings. The Hall–Kier alpha value is -4.06. The zero-order valence-electron chi connectivity index (χ0n) is 22.2. The van der Waals surface area contributed by atoms with Crippen LogP contribution in [0.1, 0.15) is 54.5 Å². The zero-order valence-corrected chi connectivity index (χ0v) is 22.2. The number of aliphatic hydroxyl groups excluding tert-OH is 1. The molecule has 1 aliphatic heterocycles. The van der Waals surface area contributed by atoms with E-state index in [1.54, 1.807) is 12.1 Å². The van der Waals surface area contributed by atoms with Crippen molar-refractivity contribution >= 4 is 28.8 Å². The van der Waals surface area contributed by atoms with E-state index in [4.69, 9.17) is 4.74 Å². The Labute approximate surface area is 224 Å². The number of aryl methyl sites for hydroxylation is 2. The van der Waals surface area contributed by atoms with Crippen molar-refractivity contribution < 1.29 is 19.4 Å². The van der Waals surface area contributed by atoms with Crippen molar-refractivity contribution in [1.82, 2.24) is 0 Å². The van der Waals surface area contributed by atoms with Gasteiger partial charge in [0.2, 0.25) is 0 Å². The van der Waals surface area contributed by atoms with Crippen molar-refractivity contribution in [1.29, 1.82) is 0 Å². The standard InChI is InChI=1S/C32H34N2O4/c1-4-18-38-27-11-7-10-26(20-27)34-29(22-14-16-25(17-15-22)33(2)3)28(31(36)32(34)37)30(35)24-13-12-21-8-5-6-9-23(21)19-24/h7,10-17,19-20,29,35H,4-6,8-9,18H2,1-3H3/b30-28-. The summed E-state index contributed by atoms with van der Waals surface area (Å²) in [5.74, 6) is -0.873. The highest BCUT2D eigenvalue weighted by molar-refractivity contribution is 6.51. The average Bonchev–Trinajstić information content (AvgIpc) is 3.21. The number of benzene rings is 3. The van der Waals surface area contributed by atoms with E-state index >= 15 is 0 Å². The summed E-state index contributed by atoms with van der Waals surface area (Å²) in [5.41, 5.74) is 5.44. The number of carbonyl (C=O) groups is 2. The summed E-state index contributed by atoms with van der Waals surface area (Å²) in [7, 11) is 3.91. The highest BCUT2D eigenvalue weighted by Crippen LogP contribution is 2.43. The number of hydrogen-bond donors (Lipinski definition) is 1. The molecule has 0 saturated carbocycles. The maximum atomic E-state index is 13.6. The molecule has 5 rings (SSSR count). The van der Waals surface area contributed by atoms with E-state index in [0.29, 0.717) is 23.6 Å². The number of rotatable bonds is 7. The first-order chi connectivity index (χ1) is 18.4. The molecule has 0 spiro atoms. The largest absolute Gasteiger partial charge is 0.507 e. The third-order valence-corrected chi connectivity index (χ3v) is 7.36. The third-order valence-electron chi connectivity index (χ3n) is 7.36. The minimum Gasteiger partial charge on any atom is -0.507 e. The lowest BCUT2D eigenvalue weighted by atomic mass is 9.88. The molecule has 0 aromatic heterocycles. The van der Waals surface area contributed by atoms with Crippen molar-refractivity contribution in [2.75, 3.05) is 30.5 Å². The topological polar surface area (TPSA) is 70.1 Å². The predicted molar refractivity (Wildman–Crippen MR) is 151 cm³/mol. The first kappa shape index (κ1) is 25.6. The Morgan fingerprint density at radius 2 is 1.71 bits per heavy atom. The molecule has 1 heterocycles. The lowest BCUT2D eigenvalue weighted by molar-refractivity contribution is -0.132. The van der Waals surface area contributed by atoms with E-state index in [9.17, 15) is 14.7 Å². The molecule has 1 saturated heterocycles. The van der Waals surface area contributed by atoms with Crippen LogP contribution in [0.2, 0.25) is 0 Å². The number of fused-ring (bicyclic) bond motifs is 1. The van der Waals surface area contributed by atoms with Crippen molar-refractivity contribution in [2.24, 2.45) is 0 Å². The number of ketones is 1. The van der Waals surface area contributed by atoms with Gasteiger partial charge in [0.15, 0.2) is 0 Å². The highest BCUT2D eigenvalue weighted by Gasteiger charge is 2.47. The van der Waals surface area contributed by atoms with Crippen molar-refractivity contribution in [3.63, 3.8) is 0 Å². The normalized spacial score (nSPS) is 18.4. The predicted octanol–water partition coefficient (Wildman–Crippen LogP) is 6.05. The Morgan fingerprint density at radius 3 is 2.42 bits per heavy atom. The lowest BCUT2D eigenvalue weighted by Gasteiger charge is -2.26. The maximum Gasteiger partial charge on any atom is 0.300 e. The van der Waals surface area contributed by atoms with E-state index in [2.05, 4.69) is 0 Å². The Morgan fingerprint density at radius 1 is 0.974 bits per heavy atom. The van der Waals surface area contributed by atoms with Gasteiger partial charge in [0, 0.05) is 37.1 Å². The highest BCUT2D eigenvalue weighted by atomic mass is 16.5. The van der Waals surface area contributed by atoms with Gasteiger partial charge in [0.25, 0.3) is 11.7 Å². The Bertz CT molecular complexity index is 1390. The fourth-order valence-corrected chi connectivity index (χ4v) is 5.35. The van der Waals surface area contributed by atoms with Gasteiger partial charge in [-0.1, -0.05) is 37.3 Å². The molecule has 1 N–H and O–H groups in total. The van der Waals surface area contributed by atoms with Gasteiger partial charge < -0.3 is 14.7 Å². The van der Waals surface area contributed by atoms with Crippen LogP contribution < -0.4 is 14.5 Å². The van der Waals surface area contributed by atoms with Gasteiger partial charge in [-0.15, -0.1) is 0 Å². The average molecular weight is 511 g/mol. The molecule has 196 valence electrons. The molecule has 0 bridgehead atoms. The van der Waals surface area contributed by atoms with Crippen molar-refractivity contribution in [2.45, 2.75) is 45.1 Å². The summed E-state index contributed by atoms with van der Waals surface area (Å²) in [4.78, 5) is 30.6.